The maximum Gasteiger partial charge on any atom is 0.312 e. The molecule has 0 amide bonds. The molecule has 0 saturated heterocycles. The number of hydrogen-bond donors (Lipinski definition) is 0. The number of methoxy groups -OCH3 is 1. The molecule has 2 aliphatic carbocycles. The van der Waals surface area contributed by atoms with Crippen LogP contribution in [0.1, 0.15) is 27.2 Å². The van der Waals surface area contributed by atoms with E-state index < -0.39 is 0 Å². The first-order chi connectivity index (χ1) is 6.48. The van der Waals surface area contributed by atoms with E-state index >= 15 is 0 Å². The van der Waals surface area contributed by atoms with E-state index in [2.05, 4.69) is 19.9 Å². The molecule has 0 spiro atoms. The lowest BCUT2D eigenvalue weighted by Gasteiger charge is -2.18. The van der Waals surface area contributed by atoms with Crippen molar-refractivity contribution in [2.75, 3.05) is 7.11 Å². The monoisotopic (exact) mass is 194 g/mol. The number of carbonyl (C=O) groups is 1. The van der Waals surface area contributed by atoms with Crippen molar-refractivity contribution in [2.24, 2.45) is 23.2 Å². The molecule has 0 radical (unpaired) electrons. The highest BCUT2D eigenvalue weighted by molar-refractivity contribution is 5.76. The highest BCUT2D eigenvalue weighted by Crippen LogP contribution is 2.64. The Balaban J connectivity index is 2.17. The summed E-state index contributed by atoms with van der Waals surface area (Å²) >= 11 is 0. The van der Waals surface area contributed by atoms with Gasteiger partial charge in [-0.25, -0.2) is 0 Å². The lowest BCUT2D eigenvalue weighted by Crippen LogP contribution is -2.20. The van der Waals surface area contributed by atoms with Crippen LogP contribution in [0.4, 0.5) is 0 Å². The second kappa shape index (κ2) is 2.85. The molecular formula is C12H18O2. The number of allylic oxidation sites excluding steroid dienone is 1. The third-order valence-corrected chi connectivity index (χ3v) is 4.11. The van der Waals surface area contributed by atoms with Gasteiger partial charge in [-0.05, 0) is 30.6 Å². The third kappa shape index (κ3) is 1.20. The zero-order chi connectivity index (χ0) is 10.5. The smallest absolute Gasteiger partial charge is 0.312 e. The van der Waals surface area contributed by atoms with E-state index in [1.54, 1.807) is 0 Å². The average molecular weight is 194 g/mol. The van der Waals surface area contributed by atoms with Gasteiger partial charge in [-0.15, -0.1) is 0 Å². The summed E-state index contributed by atoms with van der Waals surface area (Å²) in [5, 5.41) is 0. The third-order valence-electron chi connectivity index (χ3n) is 4.11. The lowest BCUT2D eigenvalue weighted by atomic mass is 9.88. The van der Waals surface area contributed by atoms with Gasteiger partial charge in [0.2, 0.25) is 0 Å². The van der Waals surface area contributed by atoms with Crippen molar-refractivity contribution in [2.45, 2.75) is 27.2 Å². The summed E-state index contributed by atoms with van der Waals surface area (Å²) in [4.78, 5) is 11.5. The molecule has 0 aromatic rings. The Morgan fingerprint density at radius 2 is 2.21 bits per heavy atom. The fourth-order valence-corrected chi connectivity index (χ4v) is 2.83. The van der Waals surface area contributed by atoms with Gasteiger partial charge in [-0.1, -0.05) is 25.5 Å². The van der Waals surface area contributed by atoms with Crippen LogP contribution in [0.25, 0.3) is 0 Å². The molecule has 1 saturated carbocycles. The van der Waals surface area contributed by atoms with Crippen molar-refractivity contribution in [3.63, 3.8) is 0 Å². The van der Waals surface area contributed by atoms with E-state index in [1.165, 1.54) is 12.7 Å². The Kier molecular flexibility index (Phi) is 1.98. The number of hydrogen-bond acceptors (Lipinski definition) is 2. The van der Waals surface area contributed by atoms with E-state index in [-0.39, 0.29) is 11.9 Å². The molecular weight excluding hydrogens is 176 g/mol. The molecule has 2 heteroatoms. The summed E-state index contributed by atoms with van der Waals surface area (Å²) in [6, 6.07) is 0. The van der Waals surface area contributed by atoms with E-state index in [0.29, 0.717) is 17.3 Å². The maximum absolute atomic E-state index is 11.5. The number of ether oxygens (including phenoxy) is 1. The summed E-state index contributed by atoms with van der Waals surface area (Å²) < 4.78 is 4.82. The Labute approximate surface area is 85.3 Å². The van der Waals surface area contributed by atoms with Crippen LogP contribution in [-0.2, 0) is 9.53 Å². The zero-order valence-corrected chi connectivity index (χ0v) is 9.33. The number of carbonyl (C=O) groups excluding carboxylic acids is 1. The molecule has 0 aromatic heterocycles. The molecule has 0 aromatic carbocycles. The van der Waals surface area contributed by atoms with Gasteiger partial charge in [-0.2, -0.15) is 0 Å². The Morgan fingerprint density at radius 1 is 1.57 bits per heavy atom. The largest absolute Gasteiger partial charge is 0.469 e. The van der Waals surface area contributed by atoms with Crippen molar-refractivity contribution >= 4 is 5.97 Å². The number of rotatable bonds is 1. The van der Waals surface area contributed by atoms with Crippen LogP contribution in [0, 0.1) is 23.2 Å². The first-order valence-electron chi connectivity index (χ1n) is 5.24. The summed E-state index contributed by atoms with van der Waals surface area (Å²) in [5.74, 6) is 1.33. The van der Waals surface area contributed by atoms with Crippen molar-refractivity contribution < 1.29 is 9.53 Å². The first-order valence-corrected chi connectivity index (χ1v) is 5.24. The van der Waals surface area contributed by atoms with E-state index in [1.807, 2.05) is 6.92 Å². The van der Waals surface area contributed by atoms with Gasteiger partial charge in [0.15, 0.2) is 0 Å². The van der Waals surface area contributed by atoms with Crippen LogP contribution < -0.4 is 0 Å². The molecule has 2 rings (SSSR count). The van der Waals surface area contributed by atoms with Crippen LogP contribution in [0.2, 0.25) is 0 Å². The quantitative estimate of drug-likeness (QED) is 0.473. The minimum Gasteiger partial charge on any atom is -0.469 e. The van der Waals surface area contributed by atoms with Gasteiger partial charge in [0.1, 0.15) is 0 Å². The van der Waals surface area contributed by atoms with E-state index in [9.17, 15) is 4.79 Å². The highest BCUT2D eigenvalue weighted by atomic mass is 16.5. The van der Waals surface area contributed by atoms with Crippen molar-refractivity contribution in [3.05, 3.63) is 11.6 Å². The lowest BCUT2D eigenvalue weighted by molar-refractivity contribution is -0.144. The molecule has 2 aliphatic rings. The van der Waals surface area contributed by atoms with Crippen LogP contribution in [0.15, 0.2) is 11.6 Å². The molecule has 0 aliphatic heterocycles. The maximum atomic E-state index is 11.5. The number of fused-ring (bicyclic) bond motifs is 1. The van der Waals surface area contributed by atoms with Gasteiger partial charge in [0.25, 0.3) is 0 Å². The molecule has 1 fully saturated rings. The predicted octanol–water partition coefficient (Wildman–Crippen LogP) is 2.40. The van der Waals surface area contributed by atoms with Crippen molar-refractivity contribution in [3.8, 4) is 0 Å². The average Bonchev–Trinajstić information content (AvgIpc) is 2.66. The fourth-order valence-electron chi connectivity index (χ4n) is 2.83. The Morgan fingerprint density at radius 3 is 2.79 bits per heavy atom. The summed E-state index contributed by atoms with van der Waals surface area (Å²) in [6.45, 7) is 6.61. The van der Waals surface area contributed by atoms with Gasteiger partial charge >= 0.3 is 5.97 Å². The highest BCUT2D eigenvalue weighted by Gasteiger charge is 2.59. The molecule has 0 unspecified atom stereocenters. The second-order valence-corrected chi connectivity index (χ2v) is 5.18. The topological polar surface area (TPSA) is 26.3 Å². The molecule has 0 bridgehead atoms. The minimum atomic E-state index is -0.0695. The molecule has 2 nitrogen and oxygen atoms in total. The van der Waals surface area contributed by atoms with Crippen LogP contribution in [0.5, 0.6) is 0 Å². The summed E-state index contributed by atoms with van der Waals surface area (Å²) in [5.41, 5.74) is 1.60. The molecule has 3 atom stereocenters. The van der Waals surface area contributed by atoms with Gasteiger partial charge in [-0.3, -0.25) is 4.79 Å². The molecule has 14 heavy (non-hydrogen) atoms. The van der Waals surface area contributed by atoms with Crippen molar-refractivity contribution in [1.29, 1.82) is 0 Å². The zero-order valence-electron chi connectivity index (χ0n) is 9.33. The van der Waals surface area contributed by atoms with Gasteiger partial charge in [0, 0.05) is 0 Å². The van der Waals surface area contributed by atoms with Crippen LogP contribution >= 0.6 is 0 Å². The second-order valence-electron chi connectivity index (χ2n) is 5.18. The standard InChI is InChI=1S/C12H18O2/c1-7-5-9-10(12(9,2)3)6-8(7)11(13)14-4/h5,8-10H,6H2,1-4H3/t8-,9+,10-/m1/s1. The van der Waals surface area contributed by atoms with Crippen LogP contribution in [-0.4, -0.2) is 13.1 Å². The van der Waals surface area contributed by atoms with Crippen molar-refractivity contribution in [1.82, 2.24) is 0 Å². The molecule has 0 heterocycles. The number of esters is 1. The Bertz CT molecular complexity index is 301. The van der Waals surface area contributed by atoms with Crippen LogP contribution in [0.3, 0.4) is 0 Å². The molecule has 0 N–H and O–H groups in total. The Hall–Kier alpha value is -0.790. The summed E-state index contributed by atoms with van der Waals surface area (Å²) in [6.07, 6.45) is 3.25. The molecule has 78 valence electrons. The fraction of sp³-hybridized carbons (Fsp3) is 0.750. The minimum absolute atomic E-state index is 0.0167. The summed E-state index contributed by atoms with van der Waals surface area (Å²) in [7, 11) is 1.47. The van der Waals surface area contributed by atoms with Gasteiger partial charge < -0.3 is 4.74 Å². The predicted molar refractivity (Wildman–Crippen MR) is 54.6 cm³/mol. The first kappa shape index (κ1) is 9.75. The normalized spacial score (nSPS) is 38.3. The van der Waals surface area contributed by atoms with E-state index in [0.717, 1.165) is 6.42 Å². The SMILES string of the molecule is COC(=O)[C@@H]1C[C@@H]2[C@H](C=C1C)C2(C)C. The van der Waals surface area contributed by atoms with Gasteiger partial charge in [0.05, 0.1) is 13.0 Å². The van der Waals surface area contributed by atoms with E-state index in [4.69, 9.17) is 4.74 Å².